The van der Waals surface area contributed by atoms with Gasteiger partial charge in [0.2, 0.25) is 0 Å². The van der Waals surface area contributed by atoms with Gasteiger partial charge in [0, 0.05) is 6.54 Å². The predicted molar refractivity (Wildman–Crippen MR) is 51.3 cm³/mol. The number of hydrogen-bond donors (Lipinski definition) is 2. The van der Waals surface area contributed by atoms with Gasteiger partial charge in [0.15, 0.2) is 0 Å². The molecule has 1 unspecified atom stereocenters. The number of carboxylic acid groups (broad SMARTS) is 1. The third kappa shape index (κ3) is 4.22. The van der Waals surface area contributed by atoms with Gasteiger partial charge in [-0.3, -0.25) is 4.79 Å². The van der Waals surface area contributed by atoms with Gasteiger partial charge >= 0.3 is 18.1 Å². The van der Waals surface area contributed by atoms with Gasteiger partial charge in [-0.05, 0) is 25.9 Å². The highest BCUT2D eigenvalue weighted by atomic mass is 19.4. The first kappa shape index (κ1) is 13.8. The number of likely N-dealkylation sites (tertiary alicyclic amines) is 1. The summed E-state index contributed by atoms with van der Waals surface area (Å²) < 4.78 is 35.9. The van der Waals surface area contributed by atoms with Crippen molar-refractivity contribution in [1.29, 1.82) is 0 Å². The molecular formula is C9H13F3N2O3. The number of carbonyl (C=O) groups excluding carboxylic acids is 1. The van der Waals surface area contributed by atoms with E-state index in [1.54, 1.807) is 4.90 Å². The Labute approximate surface area is 95.6 Å². The van der Waals surface area contributed by atoms with E-state index in [1.807, 2.05) is 0 Å². The second kappa shape index (κ2) is 5.35. The maximum atomic E-state index is 12.0. The molecule has 1 rings (SSSR count). The average molecular weight is 254 g/mol. The lowest BCUT2D eigenvalue weighted by atomic mass is 10.2. The summed E-state index contributed by atoms with van der Waals surface area (Å²) in [5.41, 5.74) is 0. The van der Waals surface area contributed by atoms with Crippen molar-refractivity contribution in [3.05, 3.63) is 0 Å². The number of nitrogens with one attached hydrogen (secondary N) is 1. The van der Waals surface area contributed by atoms with Gasteiger partial charge in [0.25, 0.3) is 0 Å². The van der Waals surface area contributed by atoms with Crippen molar-refractivity contribution in [3.63, 3.8) is 0 Å². The Morgan fingerprint density at radius 3 is 2.24 bits per heavy atom. The zero-order valence-corrected chi connectivity index (χ0v) is 8.96. The van der Waals surface area contributed by atoms with Crippen LogP contribution in [-0.4, -0.2) is 53.7 Å². The first-order valence-electron chi connectivity index (χ1n) is 5.13. The van der Waals surface area contributed by atoms with Crippen LogP contribution in [0.15, 0.2) is 0 Å². The quantitative estimate of drug-likeness (QED) is 0.752. The molecule has 0 saturated carbocycles. The van der Waals surface area contributed by atoms with Crippen LogP contribution in [0.1, 0.15) is 12.8 Å². The highest BCUT2D eigenvalue weighted by Crippen LogP contribution is 2.15. The second-order valence-corrected chi connectivity index (χ2v) is 3.87. The van der Waals surface area contributed by atoms with Crippen molar-refractivity contribution in [2.45, 2.75) is 25.1 Å². The van der Waals surface area contributed by atoms with Crippen molar-refractivity contribution in [3.8, 4) is 0 Å². The van der Waals surface area contributed by atoms with Crippen molar-refractivity contribution < 1.29 is 27.9 Å². The van der Waals surface area contributed by atoms with E-state index in [2.05, 4.69) is 0 Å². The Balaban J connectivity index is 2.54. The van der Waals surface area contributed by atoms with Gasteiger partial charge < -0.3 is 15.3 Å². The number of aliphatic carboxylic acids is 1. The fourth-order valence-electron chi connectivity index (χ4n) is 1.65. The Morgan fingerprint density at radius 1 is 1.29 bits per heavy atom. The molecular weight excluding hydrogens is 241 g/mol. The van der Waals surface area contributed by atoms with E-state index in [1.165, 1.54) is 5.32 Å². The predicted octanol–water partition coefficient (Wildman–Crippen LogP) is 0.214. The summed E-state index contributed by atoms with van der Waals surface area (Å²) in [4.78, 5) is 23.1. The summed E-state index contributed by atoms with van der Waals surface area (Å²) >= 11 is 0. The molecule has 1 aliphatic rings. The second-order valence-electron chi connectivity index (χ2n) is 3.87. The van der Waals surface area contributed by atoms with Crippen molar-refractivity contribution in [1.82, 2.24) is 10.2 Å². The topological polar surface area (TPSA) is 69.6 Å². The van der Waals surface area contributed by atoms with Crippen molar-refractivity contribution in [2.24, 2.45) is 0 Å². The van der Waals surface area contributed by atoms with Crippen LogP contribution in [0.4, 0.5) is 13.2 Å². The van der Waals surface area contributed by atoms with E-state index in [-0.39, 0.29) is 6.54 Å². The van der Waals surface area contributed by atoms with Gasteiger partial charge in [-0.1, -0.05) is 0 Å². The molecule has 0 aromatic rings. The number of nitrogens with zero attached hydrogens (tertiary/aromatic N) is 1. The maximum absolute atomic E-state index is 12.0. The van der Waals surface area contributed by atoms with Gasteiger partial charge in [0.1, 0.15) is 6.04 Å². The highest BCUT2D eigenvalue weighted by molar-refractivity contribution is 5.87. The summed E-state index contributed by atoms with van der Waals surface area (Å²) in [6, 6.07) is -1.53. The van der Waals surface area contributed by atoms with Crippen LogP contribution >= 0.6 is 0 Å². The van der Waals surface area contributed by atoms with Crippen molar-refractivity contribution in [2.75, 3.05) is 19.6 Å². The molecule has 17 heavy (non-hydrogen) atoms. The standard InChI is InChI=1S/C9H13F3N2O3/c10-9(11,12)8(17)13-6(7(15)16)5-14-3-1-2-4-14/h6H,1-5H2,(H,13,17)(H,15,16). The number of carbonyl (C=O) groups is 2. The van der Waals surface area contributed by atoms with Gasteiger partial charge in [-0.2, -0.15) is 13.2 Å². The molecule has 1 aliphatic heterocycles. The van der Waals surface area contributed by atoms with Crippen LogP contribution in [0.25, 0.3) is 0 Å². The van der Waals surface area contributed by atoms with Crippen LogP contribution < -0.4 is 5.32 Å². The molecule has 98 valence electrons. The van der Waals surface area contributed by atoms with Crippen molar-refractivity contribution >= 4 is 11.9 Å². The highest BCUT2D eigenvalue weighted by Gasteiger charge is 2.41. The number of rotatable bonds is 4. The van der Waals surface area contributed by atoms with E-state index in [0.29, 0.717) is 13.1 Å². The maximum Gasteiger partial charge on any atom is 0.471 e. The Morgan fingerprint density at radius 2 is 1.82 bits per heavy atom. The molecule has 0 aliphatic carbocycles. The van der Waals surface area contributed by atoms with E-state index < -0.39 is 24.1 Å². The molecule has 5 nitrogen and oxygen atoms in total. The van der Waals surface area contributed by atoms with E-state index in [9.17, 15) is 22.8 Å². The minimum atomic E-state index is -5.06. The number of carboxylic acids is 1. The first-order valence-corrected chi connectivity index (χ1v) is 5.13. The number of halogens is 3. The summed E-state index contributed by atoms with van der Waals surface area (Å²) in [7, 11) is 0. The minimum absolute atomic E-state index is 0.100. The van der Waals surface area contributed by atoms with Gasteiger partial charge in [0.05, 0.1) is 0 Å². The summed E-state index contributed by atoms with van der Waals surface area (Å²) in [6.45, 7) is 1.19. The third-order valence-electron chi connectivity index (χ3n) is 2.50. The molecule has 0 radical (unpaired) electrons. The van der Waals surface area contributed by atoms with Gasteiger partial charge in [-0.15, -0.1) is 0 Å². The van der Waals surface area contributed by atoms with Gasteiger partial charge in [-0.25, -0.2) is 4.79 Å². The fraction of sp³-hybridized carbons (Fsp3) is 0.778. The zero-order valence-electron chi connectivity index (χ0n) is 8.96. The van der Waals surface area contributed by atoms with E-state index in [4.69, 9.17) is 5.11 Å². The first-order chi connectivity index (χ1) is 7.80. The molecule has 1 atom stereocenters. The number of hydrogen-bond acceptors (Lipinski definition) is 3. The lowest BCUT2D eigenvalue weighted by molar-refractivity contribution is -0.175. The molecule has 2 N–H and O–H groups in total. The summed E-state index contributed by atoms with van der Waals surface area (Å²) in [6.07, 6.45) is -3.28. The molecule has 1 saturated heterocycles. The van der Waals surface area contributed by atoms with Crippen LogP contribution in [0, 0.1) is 0 Å². The fourth-order valence-corrected chi connectivity index (χ4v) is 1.65. The number of alkyl halides is 3. The molecule has 1 amide bonds. The van der Waals surface area contributed by atoms with E-state index >= 15 is 0 Å². The SMILES string of the molecule is O=C(O)C(CN1CCCC1)NC(=O)C(F)(F)F. The summed E-state index contributed by atoms with van der Waals surface area (Å²) in [5, 5.41) is 10.2. The summed E-state index contributed by atoms with van der Waals surface area (Å²) in [5.74, 6) is -3.68. The van der Waals surface area contributed by atoms with Crippen LogP contribution in [0.3, 0.4) is 0 Å². The Kier molecular flexibility index (Phi) is 4.33. The molecule has 0 aromatic heterocycles. The lowest BCUT2D eigenvalue weighted by Crippen LogP contribution is -2.51. The Hall–Kier alpha value is -1.31. The van der Waals surface area contributed by atoms with Crippen LogP contribution in [-0.2, 0) is 9.59 Å². The molecule has 0 bridgehead atoms. The largest absolute Gasteiger partial charge is 0.480 e. The normalized spacial score (nSPS) is 19.0. The zero-order chi connectivity index (χ0) is 13.1. The third-order valence-corrected chi connectivity index (χ3v) is 2.50. The smallest absolute Gasteiger partial charge is 0.471 e. The minimum Gasteiger partial charge on any atom is -0.480 e. The number of amides is 1. The average Bonchev–Trinajstić information content (AvgIpc) is 2.67. The monoisotopic (exact) mass is 254 g/mol. The lowest BCUT2D eigenvalue weighted by Gasteiger charge is -2.21. The molecule has 1 fully saturated rings. The molecule has 1 heterocycles. The van der Waals surface area contributed by atoms with E-state index in [0.717, 1.165) is 12.8 Å². The van der Waals surface area contributed by atoms with Crippen LogP contribution in [0.5, 0.6) is 0 Å². The molecule has 0 aromatic carbocycles. The molecule has 0 spiro atoms. The molecule has 8 heteroatoms. The van der Waals surface area contributed by atoms with Crippen LogP contribution in [0.2, 0.25) is 0 Å². The Bertz CT molecular complexity index is 300.